The molecule has 2 atom stereocenters. The molecule has 0 fully saturated rings. The van der Waals surface area contributed by atoms with E-state index in [1.54, 1.807) is 0 Å². The van der Waals surface area contributed by atoms with E-state index < -0.39 is 17.5 Å². The van der Waals surface area contributed by atoms with Crippen molar-refractivity contribution in [2.24, 2.45) is 0 Å². The standard InChI is InChI=1S/C11H22N2O3/c1-5-7-11(4,9(14)15)13-10(16)12-8(3)6-2/h8H,5-7H2,1-4H3,(H,14,15)(H2,12,13,16). The first-order valence-corrected chi connectivity index (χ1v) is 5.67. The van der Waals surface area contributed by atoms with Crippen molar-refractivity contribution in [3.63, 3.8) is 0 Å². The van der Waals surface area contributed by atoms with Crippen molar-refractivity contribution in [3.05, 3.63) is 0 Å². The fourth-order valence-electron chi connectivity index (χ4n) is 1.34. The van der Waals surface area contributed by atoms with Gasteiger partial charge in [-0.1, -0.05) is 20.3 Å². The Morgan fingerprint density at radius 2 is 1.94 bits per heavy atom. The third-order valence-electron chi connectivity index (χ3n) is 2.60. The lowest BCUT2D eigenvalue weighted by Gasteiger charge is -2.26. The molecule has 94 valence electrons. The van der Waals surface area contributed by atoms with Crippen LogP contribution in [0.25, 0.3) is 0 Å². The molecule has 2 amide bonds. The molecule has 0 radical (unpaired) electrons. The van der Waals surface area contributed by atoms with Gasteiger partial charge < -0.3 is 15.7 Å². The van der Waals surface area contributed by atoms with Crippen LogP contribution in [0.1, 0.15) is 47.0 Å². The summed E-state index contributed by atoms with van der Waals surface area (Å²) in [6, 6.07) is -0.382. The van der Waals surface area contributed by atoms with E-state index >= 15 is 0 Å². The average Bonchev–Trinajstić information content (AvgIpc) is 2.17. The van der Waals surface area contributed by atoms with E-state index in [4.69, 9.17) is 5.11 Å². The normalized spacial score (nSPS) is 16.0. The van der Waals surface area contributed by atoms with Gasteiger partial charge in [-0.3, -0.25) is 0 Å². The van der Waals surface area contributed by atoms with Crippen molar-refractivity contribution in [3.8, 4) is 0 Å². The largest absolute Gasteiger partial charge is 0.480 e. The van der Waals surface area contributed by atoms with Gasteiger partial charge in [-0.25, -0.2) is 9.59 Å². The number of carboxylic acid groups (broad SMARTS) is 1. The Balaban J connectivity index is 4.41. The van der Waals surface area contributed by atoms with Crippen molar-refractivity contribution in [2.45, 2.75) is 58.5 Å². The molecule has 5 heteroatoms. The second-order valence-electron chi connectivity index (χ2n) is 4.30. The third kappa shape index (κ3) is 4.51. The van der Waals surface area contributed by atoms with E-state index in [1.807, 2.05) is 20.8 Å². The molecule has 0 bridgehead atoms. The summed E-state index contributed by atoms with van der Waals surface area (Å²) in [7, 11) is 0. The highest BCUT2D eigenvalue weighted by Gasteiger charge is 2.33. The van der Waals surface area contributed by atoms with Gasteiger partial charge in [0.05, 0.1) is 0 Å². The molecule has 3 N–H and O–H groups in total. The van der Waals surface area contributed by atoms with Crippen LogP contribution in [0.2, 0.25) is 0 Å². The number of hydrogen-bond donors (Lipinski definition) is 3. The lowest BCUT2D eigenvalue weighted by Crippen LogP contribution is -2.56. The van der Waals surface area contributed by atoms with Gasteiger partial charge in [0.15, 0.2) is 0 Å². The monoisotopic (exact) mass is 230 g/mol. The summed E-state index contributed by atoms with van der Waals surface area (Å²) in [5.74, 6) is -1.01. The molecule has 0 heterocycles. The Kier molecular flexibility index (Phi) is 5.85. The van der Waals surface area contributed by atoms with Crippen LogP contribution in [0.4, 0.5) is 4.79 Å². The number of carbonyl (C=O) groups is 2. The average molecular weight is 230 g/mol. The van der Waals surface area contributed by atoms with Crippen LogP contribution >= 0.6 is 0 Å². The zero-order valence-electron chi connectivity index (χ0n) is 10.5. The predicted octanol–water partition coefficient (Wildman–Crippen LogP) is 1.73. The number of nitrogens with one attached hydrogen (secondary N) is 2. The number of rotatable bonds is 6. The first-order chi connectivity index (χ1) is 7.35. The van der Waals surface area contributed by atoms with Crippen LogP contribution in [0.3, 0.4) is 0 Å². The number of amides is 2. The molecule has 0 aromatic heterocycles. The maximum absolute atomic E-state index is 11.5. The minimum atomic E-state index is -1.19. The highest BCUT2D eigenvalue weighted by Crippen LogP contribution is 2.12. The van der Waals surface area contributed by atoms with E-state index in [0.29, 0.717) is 12.8 Å². The Bertz CT molecular complexity index is 256. The maximum atomic E-state index is 11.5. The van der Waals surface area contributed by atoms with Crippen molar-refractivity contribution < 1.29 is 14.7 Å². The molecule has 0 aromatic rings. The smallest absolute Gasteiger partial charge is 0.329 e. The van der Waals surface area contributed by atoms with Crippen molar-refractivity contribution in [1.29, 1.82) is 0 Å². The number of carboxylic acids is 1. The van der Waals surface area contributed by atoms with Crippen LogP contribution in [0.5, 0.6) is 0 Å². The fraction of sp³-hybridized carbons (Fsp3) is 0.818. The van der Waals surface area contributed by atoms with E-state index in [0.717, 1.165) is 6.42 Å². The van der Waals surface area contributed by atoms with E-state index in [9.17, 15) is 9.59 Å². The second kappa shape index (κ2) is 6.35. The summed E-state index contributed by atoms with van der Waals surface area (Å²) >= 11 is 0. The Hall–Kier alpha value is -1.26. The van der Waals surface area contributed by atoms with Gasteiger partial charge in [-0.15, -0.1) is 0 Å². The van der Waals surface area contributed by atoms with Gasteiger partial charge in [-0.05, 0) is 26.7 Å². The molecule has 0 saturated heterocycles. The summed E-state index contributed by atoms with van der Waals surface area (Å²) in [4.78, 5) is 22.6. The van der Waals surface area contributed by atoms with Crippen LogP contribution < -0.4 is 10.6 Å². The van der Waals surface area contributed by atoms with Gasteiger partial charge in [0.2, 0.25) is 0 Å². The molecule has 0 spiro atoms. The Morgan fingerprint density at radius 1 is 1.38 bits per heavy atom. The van der Waals surface area contributed by atoms with Gasteiger partial charge in [0.1, 0.15) is 5.54 Å². The zero-order valence-corrected chi connectivity index (χ0v) is 10.5. The summed E-state index contributed by atoms with van der Waals surface area (Å²) in [5, 5.41) is 14.3. The summed E-state index contributed by atoms with van der Waals surface area (Å²) in [6.45, 7) is 7.23. The molecule has 0 aliphatic carbocycles. The van der Waals surface area contributed by atoms with E-state index in [1.165, 1.54) is 6.92 Å². The maximum Gasteiger partial charge on any atom is 0.329 e. The minimum absolute atomic E-state index is 0.0414. The van der Waals surface area contributed by atoms with Gasteiger partial charge in [-0.2, -0.15) is 0 Å². The lowest BCUT2D eigenvalue weighted by atomic mass is 9.96. The van der Waals surface area contributed by atoms with Gasteiger partial charge >= 0.3 is 12.0 Å². The topological polar surface area (TPSA) is 78.4 Å². The van der Waals surface area contributed by atoms with Crippen molar-refractivity contribution >= 4 is 12.0 Å². The van der Waals surface area contributed by atoms with E-state index in [-0.39, 0.29) is 6.04 Å². The molecular weight excluding hydrogens is 208 g/mol. The summed E-state index contributed by atoms with van der Waals surface area (Å²) < 4.78 is 0. The Morgan fingerprint density at radius 3 is 2.31 bits per heavy atom. The quantitative estimate of drug-likeness (QED) is 0.650. The molecule has 0 aliphatic rings. The predicted molar refractivity (Wildman–Crippen MR) is 62.4 cm³/mol. The van der Waals surface area contributed by atoms with Gasteiger partial charge in [0.25, 0.3) is 0 Å². The third-order valence-corrected chi connectivity index (χ3v) is 2.60. The highest BCUT2D eigenvalue weighted by atomic mass is 16.4. The minimum Gasteiger partial charge on any atom is -0.480 e. The second-order valence-corrected chi connectivity index (χ2v) is 4.30. The number of urea groups is 1. The van der Waals surface area contributed by atoms with Gasteiger partial charge in [0, 0.05) is 6.04 Å². The molecule has 2 unspecified atom stereocenters. The molecule has 0 aliphatic heterocycles. The van der Waals surface area contributed by atoms with Crippen LogP contribution in [0.15, 0.2) is 0 Å². The SMILES string of the molecule is CCCC(C)(NC(=O)NC(C)CC)C(=O)O. The van der Waals surface area contributed by atoms with Crippen molar-refractivity contribution in [1.82, 2.24) is 10.6 Å². The molecule has 0 rings (SSSR count). The summed E-state index contributed by atoms with van der Waals surface area (Å²) in [5.41, 5.74) is -1.19. The zero-order chi connectivity index (χ0) is 12.8. The molecule has 5 nitrogen and oxygen atoms in total. The fourth-order valence-corrected chi connectivity index (χ4v) is 1.34. The summed E-state index contributed by atoms with van der Waals surface area (Å²) in [6.07, 6.45) is 1.92. The number of hydrogen-bond acceptors (Lipinski definition) is 2. The highest BCUT2D eigenvalue weighted by molar-refractivity contribution is 5.85. The van der Waals surface area contributed by atoms with Crippen molar-refractivity contribution in [2.75, 3.05) is 0 Å². The molecule has 0 saturated carbocycles. The molecule has 0 aromatic carbocycles. The first-order valence-electron chi connectivity index (χ1n) is 5.67. The Labute approximate surface area is 96.6 Å². The molecule has 16 heavy (non-hydrogen) atoms. The van der Waals surface area contributed by atoms with E-state index in [2.05, 4.69) is 10.6 Å². The first kappa shape index (κ1) is 14.7. The van der Waals surface area contributed by atoms with Crippen LogP contribution in [-0.4, -0.2) is 28.7 Å². The lowest BCUT2D eigenvalue weighted by molar-refractivity contribution is -0.144. The molecular formula is C11H22N2O3. The number of aliphatic carboxylic acids is 1. The van der Waals surface area contributed by atoms with Crippen LogP contribution in [-0.2, 0) is 4.79 Å². The van der Waals surface area contributed by atoms with Crippen LogP contribution in [0, 0.1) is 0 Å². The number of carbonyl (C=O) groups excluding carboxylic acids is 1.